The summed E-state index contributed by atoms with van der Waals surface area (Å²) in [5, 5.41) is 2.78. The minimum absolute atomic E-state index is 0.125. The molecule has 2 atom stereocenters. The molecular formula is C21H22N4O3. The van der Waals surface area contributed by atoms with Crippen molar-refractivity contribution in [3.63, 3.8) is 0 Å². The van der Waals surface area contributed by atoms with E-state index in [1.165, 1.54) is 4.90 Å². The molecule has 0 aliphatic carbocycles. The van der Waals surface area contributed by atoms with E-state index in [1.807, 2.05) is 19.9 Å². The second kappa shape index (κ2) is 7.18. The number of nitrogens with one attached hydrogen (secondary N) is 3. The molecule has 28 heavy (non-hydrogen) atoms. The lowest BCUT2D eigenvalue weighted by Crippen LogP contribution is -2.40. The van der Waals surface area contributed by atoms with Crippen LogP contribution in [0.4, 0.5) is 5.69 Å². The maximum Gasteiger partial charge on any atom is 0.261 e. The lowest BCUT2D eigenvalue weighted by molar-refractivity contribution is 0.0623. The fourth-order valence-corrected chi connectivity index (χ4v) is 3.76. The molecule has 7 heteroatoms. The first-order valence-corrected chi connectivity index (χ1v) is 9.33. The number of fused-ring (bicyclic) bond motifs is 1. The van der Waals surface area contributed by atoms with Gasteiger partial charge in [0, 0.05) is 35.8 Å². The van der Waals surface area contributed by atoms with Crippen molar-refractivity contribution in [3.05, 3.63) is 65.2 Å². The van der Waals surface area contributed by atoms with E-state index in [1.54, 1.807) is 42.5 Å². The highest BCUT2D eigenvalue weighted by Gasteiger charge is 2.40. The summed E-state index contributed by atoms with van der Waals surface area (Å²) in [6.45, 7) is 4.40. The number of nitrogens with zero attached hydrogens (tertiary/aromatic N) is 1. The predicted molar refractivity (Wildman–Crippen MR) is 105 cm³/mol. The Balaban J connectivity index is 1.53. The molecule has 2 heterocycles. The first-order chi connectivity index (χ1) is 13.5. The van der Waals surface area contributed by atoms with Gasteiger partial charge in [-0.3, -0.25) is 30.1 Å². The van der Waals surface area contributed by atoms with E-state index >= 15 is 0 Å². The third-order valence-electron chi connectivity index (χ3n) is 5.48. The van der Waals surface area contributed by atoms with Gasteiger partial charge in [0.05, 0.1) is 11.1 Å². The minimum Gasteiger partial charge on any atom is -0.322 e. The van der Waals surface area contributed by atoms with E-state index in [4.69, 9.17) is 0 Å². The summed E-state index contributed by atoms with van der Waals surface area (Å²) < 4.78 is 0. The lowest BCUT2D eigenvalue weighted by Gasteiger charge is -2.23. The molecule has 2 aromatic rings. The topological polar surface area (TPSA) is 90.5 Å². The molecule has 2 aliphatic heterocycles. The summed E-state index contributed by atoms with van der Waals surface area (Å²) in [5.74, 6) is -0.742. The Kier molecular flexibility index (Phi) is 4.70. The highest BCUT2D eigenvalue weighted by molar-refractivity contribution is 6.22. The summed E-state index contributed by atoms with van der Waals surface area (Å²) >= 11 is 0. The first kappa shape index (κ1) is 18.3. The van der Waals surface area contributed by atoms with Crippen LogP contribution >= 0.6 is 0 Å². The molecule has 7 nitrogen and oxygen atoms in total. The van der Waals surface area contributed by atoms with Crippen LogP contribution in [0.15, 0.2) is 48.5 Å². The quantitative estimate of drug-likeness (QED) is 0.709. The van der Waals surface area contributed by atoms with Crippen LogP contribution in [0.5, 0.6) is 0 Å². The van der Waals surface area contributed by atoms with Gasteiger partial charge in [0.25, 0.3) is 17.7 Å². The largest absolute Gasteiger partial charge is 0.322 e. The highest BCUT2D eigenvalue weighted by Crippen LogP contribution is 2.28. The molecule has 0 saturated carbocycles. The van der Waals surface area contributed by atoms with Crippen molar-refractivity contribution in [3.8, 4) is 0 Å². The van der Waals surface area contributed by atoms with Crippen molar-refractivity contribution >= 4 is 23.4 Å². The average Bonchev–Trinajstić information content (AvgIpc) is 3.14. The van der Waals surface area contributed by atoms with Crippen LogP contribution in [-0.2, 0) is 0 Å². The summed E-state index contributed by atoms with van der Waals surface area (Å²) in [6.07, 6.45) is 0. The van der Waals surface area contributed by atoms with Crippen molar-refractivity contribution in [2.75, 3.05) is 11.9 Å². The maximum atomic E-state index is 12.9. The van der Waals surface area contributed by atoms with Gasteiger partial charge in [-0.2, -0.15) is 0 Å². The maximum absolute atomic E-state index is 12.9. The molecule has 3 N–H and O–H groups in total. The average molecular weight is 378 g/mol. The molecule has 0 bridgehead atoms. The molecule has 1 fully saturated rings. The van der Waals surface area contributed by atoms with Crippen LogP contribution in [0.3, 0.4) is 0 Å². The number of amides is 3. The molecule has 2 aromatic carbocycles. The summed E-state index contributed by atoms with van der Waals surface area (Å²) in [5.41, 5.74) is 8.00. The Morgan fingerprint density at radius 3 is 2.29 bits per heavy atom. The van der Waals surface area contributed by atoms with Crippen LogP contribution in [0, 0.1) is 5.92 Å². The minimum atomic E-state index is -0.317. The molecule has 0 radical (unpaired) electrons. The van der Waals surface area contributed by atoms with Gasteiger partial charge < -0.3 is 5.32 Å². The molecular weight excluding hydrogens is 356 g/mol. The number of carbonyl (C=O) groups excluding carboxylic acids is 3. The number of hydrogen-bond donors (Lipinski definition) is 3. The van der Waals surface area contributed by atoms with E-state index in [0.29, 0.717) is 28.9 Å². The van der Waals surface area contributed by atoms with Crippen molar-refractivity contribution < 1.29 is 14.4 Å². The van der Waals surface area contributed by atoms with E-state index in [0.717, 1.165) is 0 Å². The second-order valence-electron chi connectivity index (χ2n) is 7.33. The molecule has 0 aromatic heterocycles. The third-order valence-corrected chi connectivity index (χ3v) is 5.48. The van der Waals surface area contributed by atoms with Gasteiger partial charge in [0.2, 0.25) is 0 Å². The van der Waals surface area contributed by atoms with Crippen LogP contribution in [0.25, 0.3) is 0 Å². The Bertz CT molecular complexity index is 934. The van der Waals surface area contributed by atoms with Crippen molar-refractivity contribution in [2.45, 2.75) is 25.9 Å². The molecule has 2 aliphatic rings. The van der Waals surface area contributed by atoms with E-state index in [-0.39, 0.29) is 35.7 Å². The molecule has 144 valence electrons. The SMILES string of the molecule is CC1NNC(C)C1CN1C(=O)c2ccc(NC(=O)c3ccccc3)cc2C1=O. The van der Waals surface area contributed by atoms with Crippen molar-refractivity contribution in [2.24, 2.45) is 5.92 Å². The van der Waals surface area contributed by atoms with Gasteiger partial charge in [-0.15, -0.1) is 0 Å². The normalized spacial score (nSPS) is 23.8. The lowest BCUT2D eigenvalue weighted by atomic mass is 9.96. The van der Waals surface area contributed by atoms with E-state index < -0.39 is 0 Å². The summed E-state index contributed by atoms with van der Waals surface area (Å²) in [7, 11) is 0. The fraction of sp³-hybridized carbons (Fsp3) is 0.286. The third kappa shape index (κ3) is 3.19. The Morgan fingerprint density at radius 1 is 0.964 bits per heavy atom. The zero-order valence-corrected chi connectivity index (χ0v) is 15.7. The molecule has 2 unspecified atom stereocenters. The smallest absolute Gasteiger partial charge is 0.261 e. The van der Waals surface area contributed by atoms with E-state index in [9.17, 15) is 14.4 Å². The molecule has 3 amide bonds. The molecule has 1 saturated heterocycles. The Labute approximate surface area is 163 Å². The number of carbonyl (C=O) groups is 3. The number of rotatable bonds is 4. The number of hydrazine groups is 1. The van der Waals surface area contributed by atoms with Gasteiger partial charge in [0.1, 0.15) is 0 Å². The van der Waals surface area contributed by atoms with Gasteiger partial charge in [-0.25, -0.2) is 0 Å². The fourth-order valence-electron chi connectivity index (χ4n) is 3.76. The standard InChI is InChI=1S/C21H22N4O3/c1-12-18(13(2)24-23-12)11-25-20(27)16-9-8-15(10-17(16)21(25)28)22-19(26)14-6-4-3-5-7-14/h3-10,12-13,18,23-24H,11H2,1-2H3,(H,22,26). The predicted octanol–water partition coefficient (Wildman–Crippen LogP) is 2.04. The number of anilines is 1. The van der Waals surface area contributed by atoms with Crippen molar-refractivity contribution in [1.82, 2.24) is 15.8 Å². The number of imide groups is 1. The zero-order chi connectivity index (χ0) is 19.8. The van der Waals surface area contributed by atoms with Crippen LogP contribution in [0.1, 0.15) is 44.9 Å². The zero-order valence-electron chi connectivity index (χ0n) is 15.7. The number of hydrogen-bond acceptors (Lipinski definition) is 5. The van der Waals surface area contributed by atoms with Crippen LogP contribution < -0.4 is 16.2 Å². The molecule has 4 rings (SSSR count). The van der Waals surface area contributed by atoms with Gasteiger partial charge in [0.15, 0.2) is 0 Å². The van der Waals surface area contributed by atoms with Crippen LogP contribution in [0.2, 0.25) is 0 Å². The highest BCUT2D eigenvalue weighted by atomic mass is 16.2. The van der Waals surface area contributed by atoms with Crippen molar-refractivity contribution in [1.29, 1.82) is 0 Å². The Morgan fingerprint density at radius 2 is 1.61 bits per heavy atom. The second-order valence-corrected chi connectivity index (χ2v) is 7.33. The number of benzene rings is 2. The summed E-state index contributed by atoms with van der Waals surface area (Å²) in [6, 6.07) is 14.0. The Hall–Kier alpha value is -3.03. The van der Waals surface area contributed by atoms with E-state index in [2.05, 4.69) is 16.2 Å². The van der Waals surface area contributed by atoms with Gasteiger partial charge in [-0.1, -0.05) is 18.2 Å². The molecule has 0 spiro atoms. The van der Waals surface area contributed by atoms with Crippen LogP contribution in [-0.4, -0.2) is 41.2 Å². The van der Waals surface area contributed by atoms with Gasteiger partial charge >= 0.3 is 0 Å². The monoisotopic (exact) mass is 378 g/mol. The first-order valence-electron chi connectivity index (χ1n) is 9.33. The summed E-state index contributed by atoms with van der Waals surface area (Å²) in [4.78, 5) is 39.3. The van der Waals surface area contributed by atoms with Gasteiger partial charge in [-0.05, 0) is 44.2 Å².